The summed E-state index contributed by atoms with van der Waals surface area (Å²) in [7, 11) is -3.86. The molecule has 1 aromatic carbocycles. The van der Waals surface area contributed by atoms with Crippen LogP contribution in [0.1, 0.15) is 26.3 Å². The summed E-state index contributed by atoms with van der Waals surface area (Å²) < 4.78 is 27.2. The Morgan fingerprint density at radius 1 is 1.38 bits per heavy atom. The third-order valence-electron chi connectivity index (χ3n) is 3.27. The lowest BCUT2D eigenvalue weighted by Gasteiger charge is -2.30. The summed E-state index contributed by atoms with van der Waals surface area (Å²) >= 11 is 0. The molecule has 0 aliphatic carbocycles. The Morgan fingerprint density at radius 2 is 1.95 bits per heavy atom. The van der Waals surface area contributed by atoms with Gasteiger partial charge in [0.15, 0.2) is 0 Å². The smallest absolute Gasteiger partial charge is 0.273 e. The van der Waals surface area contributed by atoms with Gasteiger partial charge in [0.25, 0.3) is 5.69 Å². The molecule has 0 fully saturated rings. The van der Waals surface area contributed by atoms with E-state index in [2.05, 4.69) is 4.72 Å². The second-order valence-electron chi connectivity index (χ2n) is 5.98. The van der Waals surface area contributed by atoms with Crippen LogP contribution in [0.3, 0.4) is 0 Å². The maximum Gasteiger partial charge on any atom is 0.273 e. The monoisotopic (exact) mass is 315 g/mol. The van der Waals surface area contributed by atoms with Crippen LogP contribution in [0.2, 0.25) is 0 Å². The van der Waals surface area contributed by atoms with Crippen molar-refractivity contribution in [1.29, 1.82) is 0 Å². The molecular formula is C13H21N3O4S. The highest BCUT2D eigenvalue weighted by molar-refractivity contribution is 7.89. The van der Waals surface area contributed by atoms with Crippen LogP contribution < -0.4 is 10.5 Å². The number of hydrogen-bond donors (Lipinski definition) is 2. The van der Waals surface area contributed by atoms with Gasteiger partial charge in [-0.15, -0.1) is 0 Å². The number of benzene rings is 1. The fourth-order valence-electron chi connectivity index (χ4n) is 1.79. The summed E-state index contributed by atoms with van der Waals surface area (Å²) in [5.74, 6) is 0. The van der Waals surface area contributed by atoms with E-state index in [1.54, 1.807) is 6.92 Å². The number of nitrogens with zero attached hydrogens (tertiary/aromatic N) is 1. The molecule has 118 valence electrons. The van der Waals surface area contributed by atoms with Gasteiger partial charge in [0, 0.05) is 24.2 Å². The molecule has 0 spiro atoms. The van der Waals surface area contributed by atoms with Gasteiger partial charge in [-0.25, -0.2) is 13.1 Å². The van der Waals surface area contributed by atoms with E-state index in [1.807, 2.05) is 20.8 Å². The lowest BCUT2D eigenvalue weighted by atomic mass is 9.88. The first-order chi connectivity index (χ1) is 9.49. The molecule has 3 N–H and O–H groups in total. The summed E-state index contributed by atoms with van der Waals surface area (Å²) in [6, 6.07) is 3.36. The zero-order chi connectivity index (χ0) is 16.4. The first-order valence-corrected chi connectivity index (χ1v) is 7.95. The average Bonchev–Trinajstić information content (AvgIpc) is 2.34. The fraction of sp³-hybridized carbons (Fsp3) is 0.538. The second-order valence-corrected chi connectivity index (χ2v) is 7.69. The lowest BCUT2D eigenvalue weighted by molar-refractivity contribution is -0.385. The van der Waals surface area contributed by atoms with Gasteiger partial charge in [0.2, 0.25) is 10.0 Å². The molecule has 0 bridgehead atoms. The van der Waals surface area contributed by atoms with E-state index in [0.717, 1.165) is 6.07 Å². The predicted molar refractivity (Wildman–Crippen MR) is 80.5 cm³/mol. The van der Waals surface area contributed by atoms with E-state index in [-0.39, 0.29) is 22.5 Å². The highest BCUT2D eigenvalue weighted by Crippen LogP contribution is 2.24. The highest BCUT2D eigenvalue weighted by Gasteiger charge is 2.29. The zero-order valence-electron chi connectivity index (χ0n) is 12.6. The number of nitro groups is 1. The molecule has 0 aliphatic heterocycles. The van der Waals surface area contributed by atoms with Gasteiger partial charge in [0.1, 0.15) is 0 Å². The Labute approximate surface area is 124 Å². The Hall–Kier alpha value is -1.51. The van der Waals surface area contributed by atoms with E-state index in [9.17, 15) is 18.5 Å². The molecule has 8 heteroatoms. The molecule has 0 aromatic heterocycles. The minimum Gasteiger partial charge on any atom is -0.329 e. The number of rotatable bonds is 5. The van der Waals surface area contributed by atoms with Crippen LogP contribution in [0.5, 0.6) is 0 Å². The first-order valence-electron chi connectivity index (χ1n) is 6.46. The highest BCUT2D eigenvalue weighted by atomic mass is 32.2. The van der Waals surface area contributed by atoms with Crippen LogP contribution in [0.25, 0.3) is 0 Å². The maximum absolute atomic E-state index is 12.3. The van der Waals surface area contributed by atoms with Gasteiger partial charge in [0.05, 0.1) is 9.82 Å². The van der Waals surface area contributed by atoms with Gasteiger partial charge in [-0.1, -0.05) is 26.8 Å². The maximum atomic E-state index is 12.3. The SMILES string of the molecule is Cc1ccc(S(=O)(=O)NC(CN)C(C)(C)C)cc1[N+](=O)[O-]. The largest absolute Gasteiger partial charge is 0.329 e. The van der Waals surface area contributed by atoms with Crippen LogP contribution in [0.15, 0.2) is 23.1 Å². The van der Waals surface area contributed by atoms with Crippen molar-refractivity contribution in [3.63, 3.8) is 0 Å². The summed E-state index contributed by atoms with van der Waals surface area (Å²) in [6.07, 6.45) is 0. The third-order valence-corrected chi connectivity index (χ3v) is 4.74. The molecule has 1 rings (SSSR count). The van der Waals surface area contributed by atoms with Crippen molar-refractivity contribution in [2.24, 2.45) is 11.1 Å². The Kier molecular flexibility index (Phi) is 5.08. The Morgan fingerprint density at radius 3 is 2.38 bits per heavy atom. The topological polar surface area (TPSA) is 115 Å². The van der Waals surface area contributed by atoms with Crippen molar-refractivity contribution >= 4 is 15.7 Å². The van der Waals surface area contributed by atoms with Gasteiger partial charge < -0.3 is 5.73 Å². The standard InChI is InChI=1S/C13H21N3O4S/c1-9-5-6-10(7-11(9)16(17)18)21(19,20)15-12(8-14)13(2,3)4/h5-7,12,15H,8,14H2,1-4H3. The van der Waals surface area contributed by atoms with Crippen LogP contribution >= 0.6 is 0 Å². The molecule has 0 amide bonds. The zero-order valence-corrected chi connectivity index (χ0v) is 13.4. The van der Waals surface area contributed by atoms with Gasteiger partial charge in [-0.2, -0.15) is 0 Å². The number of nitrogens with one attached hydrogen (secondary N) is 1. The Balaban J connectivity index is 3.20. The van der Waals surface area contributed by atoms with Crippen LogP contribution in [0, 0.1) is 22.5 Å². The van der Waals surface area contributed by atoms with E-state index in [0.29, 0.717) is 5.56 Å². The molecule has 0 saturated heterocycles. The van der Waals surface area contributed by atoms with E-state index < -0.39 is 21.0 Å². The van der Waals surface area contributed by atoms with Gasteiger partial charge >= 0.3 is 0 Å². The Bertz CT molecular complexity index is 635. The van der Waals surface area contributed by atoms with Gasteiger partial charge in [-0.3, -0.25) is 10.1 Å². The van der Waals surface area contributed by atoms with Crippen LogP contribution in [-0.4, -0.2) is 25.9 Å². The lowest BCUT2D eigenvalue weighted by Crippen LogP contribution is -2.48. The molecule has 1 unspecified atom stereocenters. The third kappa shape index (κ3) is 4.23. The number of nitro benzene ring substituents is 1. The molecule has 21 heavy (non-hydrogen) atoms. The summed E-state index contributed by atoms with van der Waals surface area (Å²) in [5.41, 5.74) is 5.43. The van der Waals surface area contributed by atoms with E-state index in [1.165, 1.54) is 12.1 Å². The molecular weight excluding hydrogens is 294 g/mol. The minimum absolute atomic E-state index is 0.136. The van der Waals surface area contributed by atoms with Crippen LogP contribution in [0.4, 0.5) is 5.69 Å². The van der Waals surface area contributed by atoms with E-state index >= 15 is 0 Å². The molecule has 0 aliphatic rings. The average molecular weight is 315 g/mol. The molecule has 0 radical (unpaired) electrons. The minimum atomic E-state index is -3.86. The van der Waals surface area contributed by atoms with Crippen molar-refractivity contribution < 1.29 is 13.3 Å². The number of aryl methyl sites for hydroxylation is 1. The quantitative estimate of drug-likeness (QED) is 0.632. The summed E-state index contributed by atoms with van der Waals surface area (Å²) in [4.78, 5) is 10.2. The van der Waals surface area contributed by atoms with Crippen molar-refractivity contribution in [3.8, 4) is 0 Å². The summed E-state index contributed by atoms with van der Waals surface area (Å²) in [6.45, 7) is 7.29. The van der Waals surface area contributed by atoms with Crippen molar-refractivity contribution in [2.45, 2.75) is 38.6 Å². The van der Waals surface area contributed by atoms with Crippen molar-refractivity contribution in [2.75, 3.05) is 6.54 Å². The molecule has 1 atom stereocenters. The molecule has 7 nitrogen and oxygen atoms in total. The molecule has 1 aromatic rings. The van der Waals surface area contributed by atoms with Crippen LogP contribution in [-0.2, 0) is 10.0 Å². The fourth-order valence-corrected chi connectivity index (χ4v) is 3.26. The summed E-state index contributed by atoms with van der Waals surface area (Å²) in [5, 5.41) is 10.9. The second kappa shape index (κ2) is 6.08. The number of hydrogen-bond acceptors (Lipinski definition) is 5. The first kappa shape index (κ1) is 17.5. The number of sulfonamides is 1. The predicted octanol–water partition coefficient (Wildman–Crippen LogP) is 1.55. The van der Waals surface area contributed by atoms with Crippen molar-refractivity contribution in [1.82, 2.24) is 4.72 Å². The number of nitrogens with two attached hydrogens (primary N) is 1. The van der Waals surface area contributed by atoms with Crippen molar-refractivity contribution in [3.05, 3.63) is 33.9 Å². The van der Waals surface area contributed by atoms with Gasteiger partial charge in [-0.05, 0) is 18.4 Å². The molecule has 0 saturated carbocycles. The molecule has 0 heterocycles. The normalized spacial score (nSPS) is 14.0. The van der Waals surface area contributed by atoms with E-state index in [4.69, 9.17) is 5.73 Å².